The highest BCUT2D eigenvalue weighted by atomic mass is 15.2. The van der Waals surface area contributed by atoms with Crippen molar-refractivity contribution in [2.75, 3.05) is 13.6 Å². The minimum absolute atomic E-state index is 0.226. The van der Waals surface area contributed by atoms with E-state index in [1.165, 1.54) is 32.1 Å². The predicted molar refractivity (Wildman–Crippen MR) is 71.6 cm³/mol. The lowest BCUT2D eigenvalue weighted by Crippen LogP contribution is -2.61. The quantitative estimate of drug-likeness (QED) is 0.781. The third-order valence-corrected chi connectivity index (χ3v) is 5.15. The molecule has 0 aromatic heterocycles. The van der Waals surface area contributed by atoms with Crippen LogP contribution in [-0.4, -0.2) is 30.1 Å². The van der Waals surface area contributed by atoms with Gasteiger partial charge in [0.1, 0.15) is 0 Å². The molecule has 16 heavy (non-hydrogen) atoms. The summed E-state index contributed by atoms with van der Waals surface area (Å²) in [5.74, 6) is 0. The summed E-state index contributed by atoms with van der Waals surface area (Å²) in [7, 11) is 2.29. The zero-order chi connectivity index (χ0) is 12.4. The Morgan fingerprint density at radius 1 is 1.19 bits per heavy atom. The Labute approximate surface area is 102 Å². The third kappa shape index (κ3) is 2.02. The summed E-state index contributed by atoms with van der Waals surface area (Å²) in [5.41, 5.74) is 6.74. The monoisotopic (exact) mass is 226 g/mol. The van der Waals surface area contributed by atoms with Gasteiger partial charge in [-0.15, -0.1) is 0 Å². The minimum Gasteiger partial charge on any atom is -0.329 e. The van der Waals surface area contributed by atoms with Gasteiger partial charge in [-0.05, 0) is 38.1 Å². The topological polar surface area (TPSA) is 29.3 Å². The maximum Gasteiger partial charge on any atom is 0.0382 e. The van der Waals surface area contributed by atoms with E-state index < -0.39 is 0 Å². The van der Waals surface area contributed by atoms with E-state index in [1.807, 2.05) is 0 Å². The Morgan fingerprint density at radius 3 is 2.06 bits per heavy atom. The molecule has 1 fully saturated rings. The van der Waals surface area contributed by atoms with Crippen molar-refractivity contribution in [2.24, 2.45) is 11.1 Å². The van der Waals surface area contributed by atoms with E-state index in [-0.39, 0.29) is 5.54 Å². The normalized spacial score (nSPS) is 29.2. The van der Waals surface area contributed by atoms with Crippen molar-refractivity contribution in [3.8, 4) is 0 Å². The SMILES string of the molecule is CCC(CC)N(C)C1(CN)CCCC1(C)C. The first-order valence-electron chi connectivity index (χ1n) is 6.88. The molecule has 0 saturated heterocycles. The fraction of sp³-hybridized carbons (Fsp3) is 1.00. The van der Waals surface area contributed by atoms with E-state index in [9.17, 15) is 0 Å². The standard InChI is InChI=1S/C14H30N2/c1-6-12(7-2)16(5)14(11-15)10-8-9-13(14,3)4/h12H,6-11,15H2,1-5H3. The highest BCUT2D eigenvalue weighted by Gasteiger charge is 2.51. The number of hydrogen-bond acceptors (Lipinski definition) is 2. The highest BCUT2D eigenvalue weighted by molar-refractivity contribution is 5.07. The van der Waals surface area contributed by atoms with Crippen LogP contribution in [0.1, 0.15) is 59.8 Å². The molecule has 1 rings (SSSR count). The van der Waals surface area contributed by atoms with Gasteiger partial charge in [0.05, 0.1) is 0 Å². The molecule has 0 heterocycles. The lowest BCUT2D eigenvalue weighted by Gasteiger charge is -2.50. The zero-order valence-corrected chi connectivity index (χ0v) is 11.8. The molecule has 2 nitrogen and oxygen atoms in total. The van der Waals surface area contributed by atoms with Crippen molar-refractivity contribution in [1.82, 2.24) is 4.90 Å². The van der Waals surface area contributed by atoms with E-state index in [0.717, 1.165) is 6.54 Å². The molecule has 1 unspecified atom stereocenters. The van der Waals surface area contributed by atoms with Crippen LogP contribution in [0.15, 0.2) is 0 Å². The van der Waals surface area contributed by atoms with Gasteiger partial charge in [0.25, 0.3) is 0 Å². The first kappa shape index (κ1) is 14.0. The Morgan fingerprint density at radius 2 is 1.75 bits per heavy atom. The average Bonchev–Trinajstić information content (AvgIpc) is 2.55. The van der Waals surface area contributed by atoms with Gasteiger partial charge >= 0.3 is 0 Å². The fourth-order valence-electron chi connectivity index (χ4n) is 3.76. The van der Waals surface area contributed by atoms with Gasteiger partial charge in [0.2, 0.25) is 0 Å². The molecule has 1 saturated carbocycles. The molecule has 2 N–H and O–H groups in total. The van der Waals surface area contributed by atoms with E-state index in [1.54, 1.807) is 0 Å². The number of rotatable bonds is 5. The van der Waals surface area contributed by atoms with Crippen LogP contribution in [0.25, 0.3) is 0 Å². The third-order valence-electron chi connectivity index (χ3n) is 5.15. The van der Waals surface area contributed by atoms with Crippen molar-refractivity contribution >= 4 is 0 Å². The lowest BCUT2D eigenvalue weighted by molar-refractivity contribution is -0.000732. The Hall–Kier alpha value is -0.0800. The lowest BCUT2D eigenvalue weighted by atomic mass is 9.73. The second-order valence-electron chi connectivity index (χ2n) is 6.05. The van der Waals surface area contributed by atoms with E-state index in [2.05, 4.69) is 39.6 Å². The summed E-state index contributed by atoms with van der Waals surface area (Å²) >= 11 is 0. The van der Waals surface area contributed by atoms with E-state index in [4.69, 9.17) is 5.73 Å². The Kier molecular flexibility index (Phi) is 4.42. The van der Waals surface area contributed by atoms with Gasteiger partial charge < -0.3 is 5.73 Å². The average molecular weight is 226 g/mol. The maximum absolute atomic E-state index is 6.15. The Bertz CT molecular complexity index is 221. The van der Waals surface area contributed by atoms with Crippen molar-refractivity contribution in [2.45, 2.75) is 71.4 Å². The van der Waals surface area contributed by atoms with Gasteiger partial charge in [-0.25, -0.2) is 0 Å². The molecule has 2 heteroatoms. The van der Waals surface area contributed by atoms with Crippen LogP contribution >= 0.6 is 0 Å². The molecule has 1 aliphatic rings. The first-order chi connectivity index (χ1) is 7.45. The molecule has 1 atom stereocenters. The van der Waals surface area contributed by atoms with Crippen molar-refractivity contribution < 1.29 is 0 Å². The van der Waals surface area contributed by atoms with Gasteiger partial charge in [-0.2, -0.15) is 0 Å². The first-order valence-corrected chi connectivity index (χ1v) is 6.88. The van der Waals surface area contributed by atoms with E-state index >= 15 is 0 Å². The second kappa shape index (κ2) is 5.05. The number of hydrogen-bond donors (Lipinski definition) is 1. The molecule has 0 radical (unpaired) electrons. The second-order valence-corrected chi connectivity index (χ2v) is 6.05. The summed E-state index contributed by atoms with van der Waals surface area (Å²) in [4.78, 5) is 2.60. The van der Waals surface area contributed by atoms with Gasteiger partial charge in [-0.1, -0.05) is 34.1 Å². The molecular weight excluding hydrogens is 196 g/mol. The Balaban J connectivity index is 2.95. The molecule has 0 amide bonds. The van der Waals surface area contributed by atoms with Crippen molar-refractivity contribution in [3.63, 3.8) is 0 Å². The predicted octanol–water partition coefficient (Wildman–Crippen LogP) is 3.01. The van der Waals surface area contributed by atoms with Crippen LogP contribution in [0.4, 0.5) is 0 Å². The molecule has 0 aliphatic heterocycles. The molecule has 0 aromatic carbocycles. The van der Waals surface area contributed by atoms with Crippen LogP contribution in [0, 0.1) is 5.41 Å². The number of nitrogens with two attached hydrogens (primary N) is 1. The molecule has 0 aromatic rings. The molecular formula is C14H30N2. The molecule has 96 valence electrons. The summed E-state index contributed by atoms with van der Waals surface area (Å²) in [5, 5.41) is 0. The molecule has 0 spiro atoms. The van der Waals surface area contributed by atoms with Crippen LogP contribution in [0.2, 0.25) is 0 Å². The van der Waals surface area contributed by atoms with Gasteiger partial charge in [0, 0.05) is 18.1 Å². The van der Waals surface area contributed by atoms with Gasteiger partial charge in [0.15, 0.2) is 0 Å². The summed E-state index contributed by atoms with van der Waals surface area (Å²) in [6, 6.07) is 0.681. The van der Waals surface area contributed by atoms with Crippen LogP contribution in [0.3, 0.4) is 0 Å². The number of nitrogens with zero attached hydrogens (tertiary/aromatic N) is 1. The molecule has 1 aliphatic carbocycles. The van der Waals surface area contributed by atoms with Crippen LogP contribution in [-0.2, 0) is 0 Å². The van der Waals surface area contributed by atoms with Gasteiger partial charge in [-0.3, -0.25) is 4.90 Å². The highest BCUT2D eigenvalue weighted by Crippen LogP contribution is 2.49. The number of likely N-dealkylation sites (N-methyl/N-ethyl adjacent to an activating group) is 1. The zero-order valence-electron chi connectivity index (χ0n) is 11.8. The maximum atomic E-state index is 6.15. The minimum atomic E-state index is 0.226. The fourth-order valence-corrected chi connectivity index (χ4v) is 3.76. The van der Waals surface area contributed by atoms with Crippen molar-refractivity contribution in [1.29, 1.82) is 0 Å². The molecule has 0 bridgehead atoms. The summed E-state index contributed by atoms with van der Waals surface area (Å²) in [6.07, 6.45) is 6.36. The van der Waals surface area contributed by atoms with Crippen LogP contribution < -0.4 is 5.73 Å². The van der Waals surface area contributed by atoms with Crippen molar-refractivity contribution in [3.05, 3.63) is 0 Å². The van der Waals surface area contributed by atoms with E-state index in [0.29, 0.717) is 11.5 Å². The summed E-state index contributed by atoms with van der Waals surface area (Å²) in [6.45, 7) is 10.2. The smallest absolute Gasteiger partial charge is 0.0382 e. The summed E-state index contributed by atoms with van der Waals surface area (Å²) < 4.78 is 0. The van der Waals surface area contributed by atoms with Crippen LogP contribution in [0.5, 0.6) is 0 Å². The largest absolute Gasteiger partial charge is 0.329 e.